The Balaban J connectivity index is 1.42. The van der Waals surface area contributed by atoms with Crippen LogP contribution in [0.1, 0.15) is 21.5 Å². The molecular formula is C22H24N4O4. The van der Waals surface area contributed by atoms with Gasteiger partial charge in [0.25, 0.3) is 0 Å². The number of piperazine rings is 1. The Bertz CT molecular complexity index is 1090. The summed E-state index contributed by atoms with van der Waals surface area (Å²) in [5, 5.41) is 10.0. The van der Waals surface area contributed by atoms with Crippen LogP contribution in [0.3, 0.4) is 0 Å². The highest BCUT2D eigenvalue weighted by Crippen LogP contribution is 2.31. The molecule has 0 aliphatic carbocycles. The molecule has 30 heavy (non-hydrogen) atoms. The quantitative estimate of drug-likeness (QED) is 0.611. The number of anilines is 2. The zero-order chi connectivity index (χ0) is 21.3. The number of nitrogen functional groups attached to an aromatic ring is 1. The highest BCUT2D eigenvalue weighted by molar-refractivity contribution is 6.09. The van der Waals surface area contributed by atoms with E-state index in [0.29, 0.717) is 37.1 Å². The molecule has 0 radical (unpaired) electrons. The fourth-order valence-electron chi connectivity index (χ4n) is 3.87. The number of carbonyl (C=O) groups excluding carboxylic acids is 1. The molecule has 1 amide bonds. The van der Waals surface area contributed by atoms with E-state index in [9.17, 15) is 14.7 Å². The monoisotopic (exact) mass is 408 g/mol. The maximum atomic E-state index is 12.4. The first-order chi connectivity index (χ1) is 14.4. The topological polar surface area (TPSA) is 112 Å². The average molecular weight is 408 g/mol. The smallest absolute Gasteiger partial charge is 0.410 e. The maximum absolute atomic E-state index is 12.4. The van der Waals surface area contributed by atoms with Gasteiger partial charge in [0.15, 0.2) is 0 Å². The summed E-state index contributed by atoms with van der Waals surface area (Å²) in [6.07, 6.45) is -0.311. The number of aromatic carboxylic acids is 1. The van der Waals surface area contributed by atoms with Crippen LogP contribution in [0.4, 0.5) is 16.3 Å². The number of carbonyl (C=O) groups is 2. The van der Waals surface area contributed by atoms with Crippen molar-refractivity contribution in [3.63, 3.8) is 0 Å². The molecule has 2 heterocycles. The largest absolute Gasteiger partial charge is 0.478 e. The molecule has 8 nitrogen and oxygen atoms in total. The van der Waals surface area contributed by atoms with Gasteiger partial charge in [-0.05, 0) is 30.2 Å². The summed E-state index contributed by atoms with van der Waals surface area (Å²) in [4.78, 5) is 30.7. The zero-order valence-electron chi connectivity index (χ0n) is 16.7. The molecule has 0 unspecified atom stereocenters. The number of aryl methyl sites for hydroxylation is 1. The SMILES string of the molecule is Cc1cc2c(C(=O)O)c(N)[nH]c2cc1N1CCN(C(=O)OCc2ccccc2)CC1. The molecule has 1 fully saturated rings. The number of H-pyrrole nitrogens is 1. The highest BCUT2D eigenvalue weighted by atomic mass is 16.6. The molecule has 1 aliphatic heterocycles. The van der Waals surface area contributed by atoms with Gasteiger partial charge in [-0.1, -0.05) is 30.3 Å². The number of amides is 1. The van der Waals surface area contributed by atoms with E-state index in [1.54, 1.807) is 4.90 Å². The number of benzene rings is 2. The van der Waals surface area contributed by atoms with Crippen LogP contribution in [0.15, 0.2) is 42.5 Å². The van der Waals surface area contributed by atoms with Crippen molar-refractivity contribution >= 4 is 34.5 Å². The minimum absolute atomic E-state index is 0.102. The molecule has 4 rings (SSSR count). The van der Waals surface area contributed by atoms with Crippen molar-refractivity contribution in [2.45, 2.75) is 13.5 Å². The van der Waals surface area contributed by atoms with Crippen LogP contribution in [-0.4, -0.2) is 53.2 Å². The summed E-state index contributed by atoms with van der Waals surface area (Å²) in [6.45, 7) is 4.64. The number of nitrogens with zero attached hydrogens (tertiary/aromatic N) is 2. The first-order valence-electron chi connectivity index (χ1n) is 9.79. The van der Waals surface area contributed by atoms with Crippen molar-refractivity contribution in [3.8, 4) is 0 Å². The second-order valence-electron chi connectivity index (χ2n) is 7.42. The molecule has 3 aromatic rings. The predicted molar refractivity (Wildman–Crippen MR) is 115 cm³/mol. The van der Waals surface area contributed by atoms with Crippen LogP contribution in [0.5, 0.6) is 0 Å². The number of aromatic nitrogens is 1. The van der Waals surface area contributed by atoms with Crippen molar-refractivity contribution in [2.75, 3.05) is 36.8 Å². The number of carboxylic acids is 1. The normalized spacial score (nSPS) is 14.2. The first-order valence-corrected chi connectivity index (χ1v) is 9.79. The number of fused-ring (bicyclic) bond motifs is 1. The van der Waals surface area contributed by atoms with E-state index in [1.807, 2.05) is 49.4 Å². The summed E-state index contributed by atoms with van der Waals surface area (Å²) >= 11 is 0. The number of rotatable bonds is 4. The third-order valence-electron chi connectivity index (χ3n) is 5.44. The number of hydrogen-bond donors (Lipinski definition) is 3. The van der Waals surface area contributed by atoms with Gasteiger partial charge in [0.05, 0.1) is 0 Å². The van der Waals surface area contributed by atoms with E-state index < -0.39 is 5.97 Å². The Morgan fingerprint density at radius 2 is 1.83 bits per heavy atom. The molecule has 156 valence electrons. The summed E-state index contributed by atoms with van der Waals surface area (Å²) in [6, 6.07) is 13.4. The van der Waals surface area contributed by atoms with Crippen LogP contribution in [-0.2, 0) is 11.3 Å². The number of nitrogens with one attached hydrogen (secondary N) is 1. The molecule has 0 atom stereocenters. The zero-order valence-corrected chi connectivity index (χ0v) is 16.7. The average Bonchev–Trinajstić information content (AvgIpc) is 3.07. The predicted octanol–water partition coefficient (Wildman–Crippen LogP) is 3.22. The molecular weight excluding hydrogens is 384 g/mol. The molecule has 0 saturated carbocycles. The third-order valence-corrected chi connectivity index (χ3v) is 5.44. The van der Waals surface area contributed by atoms with E-state index in [0.717, 1.165) is 16.8 Å². The van der Waals surface area contributed by atoms with Crippen molar-refractivity contribution in [1.29, 1.82) is 0 Å². The summed E-state index contributed by atoms with van der Waals surface area (Å²) < 4.78 is 5.42. The van der Waals surface area contributed by atoms with Crippen LogP contribution in [0.25, 0.3) is 10.9 Å². The van der Waals surface area contributed by atoms with Crippen molar-refractivity contribution in [1.82, 2.24) is 9.88 Å². The Labute approximate surface area is 173 Å². The minimum Gasteiger partial charge on any atom is -0.478 e. The van der Waals surface area contributed by atoms with Gasteiger partial charge in [0.1, 0.15) is 18.0 Å². The van der Waals surface area contributed by atoms with Gasteiger partial charge in [-0.3, -0.25) is 0 Å². The summed E-state index contributed by atoms with van der Waals surface area (Å²) in [7, 11) is 0. The van der Waals surface area contributed by atoms with Crippen LogP contribution in [0.2, 0.25) is 0 Å². The van der Waals surface area contributed by atoms with E-state index in [1.165, 1.54) is 0 Å². The lowest BCUT2D eigenvalue weighted by Gasteiger charge is -2.36. The number of aromatic amines is 1. The van der Waals surface area contributed by atoms with Crippen molar-refractivity contribution in [2.24, 2.45) is 0 Å². The lowest BCUT2D eigenvalue weighted by atomic mass is 10.1. The van der Waals surface area contributed by atoms with Gasteiger partial charge in [0.2, 0.25) is 0 Å². The van der Waals surface area contributed by atoms with Crippen LogP contribution >= 0.6 is 0 Å². The fourth-order valence-corrected chi connectivity index (χ4v) is 3.87. The van der Waals surface area contributed by atoms with Crippen molar-refractivity contribution < 1.29 is 19.4 Å². The summed E-state index contributed by atoms with van der Waals surface area (Å²) in [5.74, 6) is -0.895. The van der Waals surface area contributed by atoms with E-state index in [4.69, 9.17) is 10.5 Å². The number of carboxylic acid groups (broad SMARTS) is 1. The fraction of sp³-hybridized carbons (Fsp3) is 0.273. The summed E-state index contributed by atoms with van der Waals surface area (Å²) in [5.41, 5.74) is 9.56. The molecule has 0 spiro atoms. The Kier molecular flexibility index (Phi) is 5.22. The van der Waals surface area contributed by atoms with E-state index >= 15 is 0 Å². The molecule has 1 saturated heterocycles. The second-order valence-corrected chi connectivity index (χ2v) is 7.42. The molecule has 8 heteroatoms. The molecule has 4 N–H and O–H groups in total. The van der Waals surface area contributed by atoms with Crippen LogP contribution in [0, 0.1) is 6.92 Å². The number of ether oxygens (including phenoxy) is 1. The van der Waals surface area contributed by atoms with Crippen molar-refractivity contribution in [3.05, 3.63) is 59.2 Å². The Morgan fingerprint density at radius 3 is 2.50 bits per heavy atom. The Hall–Kier alpha value is -3.68. The molecule has 1 aliphatic rings. The van der Waals surface area contributed by atoms with Gasteiger partial charge in [-0.2, -0.15) is 0 Å². The standard InChI is InChI=1S/C22H24N4O4/c1-14-11-16-17(24-20(23)19(16)21(27)28)12-18(14)25-7-9-26(10-8-25)22(29)30-13-15-5-3-2-4-6-15/h2-6,11-12,24H,7-10,13,23H2,1H3,(H,27,28). The van der Waals surface area contributed by atoms with Crippen LogP contribution < -0.4 is 10.6 Å². The molecule has 2 aromatic carbocycles. The van der Waals surface area contributed by atoms with Gasteiger partial charge in [0, 0.05) is 42.8 Å². The lowest BCUT2D eigenvalue weighted by molar-refractivity contribution is 0.0700. The minimum atomic E-state index is -1.05. The van der Waals surface area contributed by atoms with Gasteiger partial charge in [-0.25, -0.2) is 9.59 Å². The highest BCUT2D eigenvalue weighted by Gasteiger charge is 2.24. The van der Waals surface area contributed by atoms with E-state index in [2.05, 4.69) is 9.88 Å². The van der Waals surface area contributed by atoms with Gasteiger partial charge >= 0.3 is 12.1 Å². The van der Waals surface area contributed by atoms with E-state index in [-0.39, 0.29) is 24.1 Å². The second kappa shape index (κ2) is 7.98. The molecule has 0 bridgehead atoms. The maximum Gasteiger partial charge on any atom is 0.410 e. The molecule has 1 aromatic heterocycles. The lowest BCUT2D eigenvalue weighted by Crippen LogP contribution is -2.49. The Morgan fingerprint density at radius 1 is 1.13 bits per heavy atom. The number of nitrogens with two attached hydrogens (primary N) is 1. The third kappa shape index (κ3) is 3.76. The first kappa shape index (κ1) is 19.6. The van der Waals surface area contributed by atoms with Gasteiger partial charge < -0.3 is 30.4 Å². The number of hydrogen-bond acceptors (Lipinski definition) is 5. The van der Waals surface area contributed by atoms with Gasteiger partial charge in [-0.15, -0.1) is 0 Å².